The molecular weight excluding hydrogens is 723 g/mol. The number of phosphoric ester groups is 1. The molecule has 0 fully saturated rings. The van der Waals surface area contributed by atoms with Gasteiger partial charge >= 0.3 is 20.2 Å². The number of nitrogens with one attached hydrogen (secondary N) is 1. The number of anilines is 1. The molecule has 0 spiro atoms. The van der Waals surface area contributed by atoms with E-state index in [-0.39, 0.29) is 29.2 Å². The Bertz CT molecular complexity index is 1800. The molecule has 0 atom stereocenters. The van der Waals surface area contributed by atoms with Crippen LogP contribution in [-0.2, 0) is 29.4 Å². The van der Waals surface area contributed by atoms with E-state index in [1.807, 2.05) is 0 Å². The molecule has 0 aliphatic rings. The Kier molecular flexibility index (Phi) is 11.4. The fourth-order valence-electron chi connectivity index (χ4n) is 4.32. The number of hydrogen-bond donors (Lipinski definition) is 1. The molecule has 3 heterocycles. The predicted molar refractivity (Wildman–Crippen MR) is 164 cm³/mol. The number of rotatable bonds is 13. The van der Waals surface area contributed by atoms with Gasteiger partial charge in [-0.15, -0.1) is 0 Å². The number of hydrogen-bond acceptors (Lipinski definition) is 11. The highest BCUT2D eigenvalue weighted by atomic mass is 31.2. The Morgan fingerprint density at radius 1 is 0.882 bits per heavy atom. The molecule has 0 saturated carbocycles. The first-order valence-electron chi connectivity index (χ1n) is 14.8. The van der Waals surface area contributed by atoms with E-state index < -0.39 is 73.6 Å². The smallest absolute Gasteiger partial charge is 0.364 e. The summed E-state index contributed by atoms with van der Waals surface area (Å²) in [5.74, 6) is -3.53. The summed E-state index contributed by atoms with van der Waals surface area (Å²) in [6, 6.07) is 8.51. The fraction of sp³-hybridized carbons (Fsp3) is 0.467. The van der Waals surface area contributed by atoms with Crippen molar-refractivity contribution in [2.75, 3.05) is 18.7 Å². The lowest BCUT2D eigenvalue weighted by atomic mass is 10.0. The number of phosphoric acid groups is 1. The zero-order valence-electron chi connectivity index (χ0n) is 27.9. The zero-order valence-corrected chi connectivity index (χ0v) is 28.8. The normalized spacial score (nSPS) is 13.5. The third kappa shape index (κ3) is 9.88. The molecule has 0 aliphatic carbocycles. The molecule has 1 N–H and O–H groups in total. The maximum absolute atomic E-state index is 14.8. The van der Waals surface area contributed by atoms with Crippen LogP contribution >= 0.6 is 7.82 Å². The second-order valence-electron chi connectivity index (χ2n) is 12.9. The van der Waals surface area contributed by atoms with Crippen LogP contribution in [0.3, 0.4) is 0 Å². The van der Waals surface area contributed by atoms with E-state index in [2.05, 4.69) is 25.0 Å². The second-order valence-corrected chi connectivity index (χ2v) is 14.4. The van der Waals surface area contributed by atoms with Crippen LogP contribution in [0.1, 0.15) is 47.1 Å². The van der Waals surface area contributed by atoms with Crippen LogP contribution in [0.4, 0.5) is 40.9 Å². The van der Waals surface area contributed by atoms with Crippen LogP contribution in [0.25, 0.3) is 22.9 Å². The highest BCUT2D eigenvalue weighted by Gasteiger charge is 2.72. The first-order chi connectivity index (χ1) is 23.4. The summed E-state index contributed by atoms with van der Waals surface area (Å²) in [5.41, 5.74) is -7.11. The standard InChI is InChI=1S/C30H33F8N6O6P/c1-26(2,3)49-51(45,50-27(4,5)6)48-17-46-28(29(33,34)35,30(36,37)38)16-40-24-20(32)14-39-25(41-24)22-13-23(21-11-12-47-43-21)44(42-22)15-18-9-7-8-10-19(18)31/h7-14H,15-17H2,1-6H3,(H,39,40,41). The maximum Gasteiger partial charge on any atom is 0.477 e. The van der Waals surface area contributed by atoms with E-state index in [1.165, 1.54) is 82.8 Å². The van der Waals surface area contributed by atoms with Crippen LogP contribution in [0.15, 0.2) is 53.4 Å². The number of halogens is 8. The van der Waals surface area contributed by atoms with Crippen molar-refractivity contribution in [2.24, 2.45) is 0 Å². The third-order valence-corrected chi connectivity index (χ3v) is 8.40. The summed E-state index contributed by atoms with van der Waals surface area (Å²) in [6.45, 7) is 4.12. The van der Waals surface area contributed by atoms with E-state index in [0.717, 1.165) is 0 Å². The molecule has 1 aromatic carbocycles. The summed E-state index contributed by atoms with van der Waals surface area (Å²) in [5, 5.41) is 9.81. The van der Waals surface area contributed by atoms with Gasteiger partial charge in [0.05, 0.1) is 36.2 Å². The molecule has 21 heteroatoms. The van der Waals surface area contributed by atoms with E-state index in [0.29, 0.717) is 6.20 Å². The minimum atomic E-state index is -6.20. The lowest BCUT2D eigenvalue weighted by Crippen LogP contribution is -2.63. The van der Waals surface area contributed by atoms with E-state index in [1.54, 1.807) is 11.4 Å². The number of nitrogens with zero attached hydrogens (tertiary/aromatic N) is 5. The van der Waals surface area contributed by atoms with Gasteiger partial charge < -0.3 is 14.6 Å². The van der Waals surface area contributed by atoms with Crippen molar-refractivity contribution in [1.29, 1.82) is 0 Å². The highest BCUT2D eigenvalue weighted by molar-refractivity contribution is 7.48. The zero-order chi connectivity index (χ0) is 38.0. The van der Waals surface area contributed by atoms with Crippen LogP contribution in [0, 0.1) is 11.6 Å². The van der Waals surface area contributed by atoms with Gasteiger partial charge in [-0.1, -0.05) is 23.4 Å². The maximum atomic E-state index is 14.8. The Balaban J connectivity index is 1.65. The molecule has 0 aliphatic heterocycles. The molecule has 0 radical (unpaired) electrons. The second kappa shape index (κ2) is 14.6. The molecule has 0 amide bonds. The van der Waals surface area contributed by atoms with E-state index >= 15 is 0 Å². The Labute approximate surface area is 286 Å². The monoisotopic (exact) mass is 756 g/mol. The fourth-order valence-corrected chi connectivity index (χ4v) is 5.98. The molecule has 4 rings (SSSR count). The SMILES string of the molecule is CC(C)(C)OP(=O)(OCOC(CNc1nc(-c2cc(-c3ccon3)n(Cc3ccccc3F)n2)ncc1F)(C(F)(F)F)C(F)(F)F)OC(C)(C)C. The van der Waals surface area contributed by atoms with Gasteiger partial charge in [0.2, 0.25) is 0 Å². The summed E-state index contributed by atoms with van der Waals surface area (Å²) in [6.07, 6.45) is -10.7. The van der Waals surface area contributed by atoms with Gasteiger partial charge in [-0.05, 0) is 53.7 Å². The lowest BCUT2D eigenvalue weighted by Gasteiger charge is -2.37. The average molecular weight is 757 g/mol. The van der Waals surface area contributed by atoms with Gasteiger partial charge in [0.15, 0.2) is 24.3 Å². The predicted octanol–water partition coefficient (Wildman–Crippen LogP) is 8.33. The van der Waals surface area contributed by atoms with Crippen LogP contribution < -0.4 is 5.32 Å². The van der Waals surface area contributed by atoms with Crippen molar-refractivity contribution >= 4 is 13.6 Å². The lowest BCUT2D eigenvalue weighted by molar-refractivity contribution is -0.384. The molecular formula is C30H33F8N6O6P. The first kappa shape index (κ1) is 39.8. The number of ether oxygens (including phenoxy) is 1. The number of alkyl halides is 6. The molecule has 4 aromatic rings. The quantitative estimate of drug-likeness (QED) is 0.0802. The highest BCUT2D eigenvalue weighted by Crippen LogP contribution is 2.56. The minimum absolute atomic E-state index is 0.136. The van der Waals surface area contributed by atoms with Gasteiger partial charge in [-0.25, -0.2) is 23.3 Å². The summed E-state index contributed by atoms with van der Waals surface area (Å²) in [7, 11) is -4.82. The van der Waals surface area contributed by atoms with Gasteiger partial charge in [0, 0.05) is 11.6 Å². The molecule has 280 valence electrons. The molecule has 0 saturated heterocycles. The van der Waals surface area contributed by atoms with Crippen LogP contribution in [-0.4, -0.2) is 67.4 Å². The van der Waals surface area contributed by atoms with E-state index in [9.17, 15) is 39.7 Å². The Hall–Kier alpha value is -3.97. The minimum Gasteiger partial charge on any atom is -0.364 e. The van der Waals surface area contributed by atoms with Crippen molar-refractivity contribution in [3.63, 3.8) is 0 Å². The van der Waals surface area contributed by atoms with Crippen LogP contribution in [0.2, 0.25) is 0 Å². The summed E-state index contributed by atoms with van der Waals surface area (Å²) in [4.78, 5) is 7.55. The summed E-state index contributed by atoms with van der Waals surface area (Å²) >= 11 is 0. The van der Waals surface area contributed by atoms with Crippen molar-refractivity contribution < 1.29 is 62.5 Å². The van der Waals surface area contributed by atoms with Crippen molar-refractivity contribution in [3.8, 4) is 22.9 Å². The van der Waals surface area contributed by atoms with Gasteiger partial charge in [-0.3, -0.25) is 18.3 Å². The topological polar surface area (TPSA) is 136 Å². The summed E-state index contributed by atoms with van der Waals surface area (Å²) < 4.78 is 154. The molecule has 0 unspecified atom stereocenters. The van der Waals surface area contributed by atoms with Crippen molar-refractivity contribution in [3.05, 3.63) is 66.1 Å². The molecule has 12 nitrogen and oxygen atoms in total. The van der Waals surface area contributed by atoms with Crippen molar-refractivity contribution in [2.45, 2.75) is 77.2 Å². The number of aromatic nitrogens is 5. The largest absolute Gasteiger partial charge is 0.477 e. The van der Waals surface area contributed by atoms with E-state index in [4.69, 9.17) is 18.1 Å². The van der Waals surface area contributed by atoms with Gasteiger partial charge in [-0.2, -0.15) is 31.4 Å². The average Bonchev–Trinajstić information content (AvgIpc) is 3.64. The van der Waals surface area contributed by atoms with Gasteiger partial charge in [0.25, 0.3) is 5.60 Å². The number of benzene rings is 1. The third-order valence-electron chi connectivity index (χ3n) is 6.44. The van der Waals surface area contributed by atoms with Gasteiger partial charge in [0.1, 0.15) is 23.5 Å². The Morgan fingerprint density at radius 3 is 2.06 bits per heavy atom. The first-order valence-corrected chi connectivity index (χ1v) is 16.3. The van der Waals surface area contributed by atoms with Crippen LogP contribution in [0.5, 0.6) is 0 Å². The molecule has 3 aromatic heterocycles. The van der Waals surface area contributed by atoms with Crippen molar-refractivity contribution in [1.82, 2.24) is 24.9 Å². The molecule has 51 heavy (non-hydrogen) atoms. The Morgan fingerprint density at radius 2 is 1.51 bits per heavy atom. The molecule has 0 bridgehead atoms.